The number of hydrogen-bond donors (Lipinski definition) is 2. The van der Waals surface area contributed by atoms with Crippen LogP contribution in [0.5, 0.6) is 0 Å². The van der Waals surface area contributed by atoms with Gasteiger partial charge in [-0.1, -0.05) is 18.2 Å². The molecule has 0 spiro atoms. The summed E-state index contributed by atoms with van der Waals surface area (Å²) in [6.07, 6.45) is -4.16. The van der Waals surface area contributed by atoms with Gasteiger partial charge < -0.3 is 10.4 Å². The average molecular weight is 247 g/mol. The predicted molar refractivity (Wildman–Crippen MR) is 59.7 cm³/mol. The van der Waals surface area contributed by atoms with Gasteiger partial charge in [-0.15, -0.1) is 0 Å². The number of nitrogens with one attached hydrogen (secondary N) is 1. The molecule has 0 aliphatic heterocycles. The molecule has 0 bridgehead atoms. The minimum atomic E-state index is -4.34. The minimum Gasteiger partial charge on any atom is -0.389 e. The second-order valence-electron chi connectivity index (χ2n) is 4.40. The highest BCUT2D eigenvalue weighted by atomic mass is 19.4. The van der Waals surface area contributed by atoms with E-state index in [1.165, 1.54) is 6.07 Å². The predicted octanol–water partition coefficient (Wildman–Crippen LogP) is 2.22. The molecule has 0 aliphatic carbocycles. The summed E-state index contributed by atoms with van der Waals surface area (Å²) in [5.74, 6) is 0. The van der Waals surface area contributed by atoms with Crippen LogP contribution in [0.15, 0.2) is 24.3 Å². The van der Waals surface area contributed by atoms with Crippen LogP contribution >= 0.6 is 0 Å². The van der Waals surface area contributed by atoms with Crippen molar-refractivity contribution in [3.05, 3.63) is 35.4 Å². The third-order valence-corrected chi connectivity index (χ3v) is 2.40. The molecule has 0 saturated carbocycles. The van der Waals surface area contributed by atoms with E-state index in [0.717, 1.165) is 12.1 Å². The first-order valence-corrected chi connectivity index (χ1v) is 5.28. The van der Waals surface area contributed by atoms with Gasteiger partial charge in [0.15, 0.2) is 0 Å². The average Bonchev–Trinajstić information content (AvgIpc) is 2.15. The van der Waals surface area contributed by atoms with Crippen molar-refractivity contribution in [3.8, 4) is 0 Å². The van der Waals surface area contributed by atoms with E-state index in [-0.39, 0.29) is 6.42 Å². The van der Waals surface area contributed by atoms with Gasteiger partial charge >= 0.3 is 6.18 Å². The molecule has 2 nitrogen and oxygen atoms in total. The molecule has 1 aromatic rings. The zero-order valence-corrected chi connectivity index (χ0v) is 9.80. The number of aliphatic hydroxyl groups is 1. The topological polar surface area (TPSA) is 32.3 Å². The largest absolute Gasteiger partial charge is 0.416 e. The van der Waals surface area contributed by atoms with Gasteiger partial charge in [-0.05, 0) is 25.6 Å². The van der Waals surface area contributed by atoms with Crippen molar-refractivity contribution in [1.82, 2.24) is 5.32 Å². The van der Waals surface area contributed by atoms with E-state index in [1.807, 2.05) is 0 Å². The molecule has 1 atom stereocenters. The fourth-order valence-corrected chi connectivity index (χ4v) is 1.74. The fraction of sp³-hybridized carbons (Fsp3) is 0.500. The lowest BCUT2D eigenvalue weighted by atomic mass is 9.95. The molecule has 0 radical (unpaired) electrons. The number of hydrogen-bond acceptors (Lipinski definition) is 2. The van der Waals surface area contributed by atoms with Crippen molar-refractivity contribution in [2.24, 2.45) is 0 Å². The molecule has 2 N–H and O–H groups in total. The molecule has 0 aromatic heterocycles. The van der Waals surface area contributed by atoms with Gasteiger partial charge in [0, 0.05) is 13.0 Å². The second kappa shape index (κ2) is 5.06. The highest BCUT2D eigenvalue weighted by Gasteiger charge is 2.31. The van der Waals surface area contributed by atoms with Crippen LogP contribution in [-0.2, 0) is 12.6 Å². The molecular formula is C12H16F3NO. The first-order chi connectivity index (χ1) is 7.74. The Morgan fingerprint density at radius 3 is 2.47 bits per heavy atom. The summed E-state index contributed by atoms with van der Waals surface area (Å²) in [6, 6.07) is 5.04. The van der Waals surface area contributed by atoms with Gasteiger partial charge in [0.25, 0.3) is 0 Å². The van der Waals surface area contributed by atoms with E-state index < -0.39 is 17.3 Å². The summed E-state index contributed by atoms with van der Waals surface area (Å²) in [5.41, 5.74) is -1.27. The van der Waals surface area contributed by atoms with Crippen LogP contribution in [0.4, 0.5) is 13.2 Å². The monoisotopic (exact) mass is 247 g/mol. The quantitative estimate of drug-likeness (QED) is 0.855. The van der Waals surface area contributed by atoms with E-state index in [4.69, 9.17) is 0 Å². The molecule has 0 heterocycles. The maximum Gasteiger partial charge on any atom is 0.416 e. The second-order valence-corrected chi connectivity index (χ2v) is 4.40. The lowest BCUT2D eigenvalue weighted by Crippen LogP contribution is -2.38. The number of halogens is 3. The summed E-state index contributed by atoms with van der Waals surface area (Å²) in [6.45, 7) is 1.91. The molecular weight excluding hydrogens is 231 g/mol. The Morgan fingerprint density at radius 2 is 1.94 bits per heavy atom. The van der Waals surface area contributed by atoms with Crippen LogP contribution in [0.3, 0.4) is 0 Å². The van der Waals surface area contributed by atoms with Gasteiger partial charge in [0.2, 0.25) is 0 Å². The Kier molecular flexibility index (Phi) is 4.16. The third kappa shape index (κ3) is 4.36. The molecule has 1 rings (SSSR count). The third-order valence-electron chi connectivity index (χ3n) is 2.40. The number of benzene rings is 1. The first-order valence-electron chi connectivity index (χ1n) is 5.28. The Bertz CT molecular complexity index is 374. The molecule has 5 heteroatoms. The zero-order chi connectivity index (χ0) is 13.1. The van der Waals surface area contributed by atoms with Crippen molar-refractivity contribution in [2.75, 3.05) is 13.6 Å². The Labute approximate surface area is 98.5 Å². The molecule has 1 unspecified atom stereocenters. The van der Waals surface area contributed by atoms with Crippen LogP contribution in [-0.4, -0.2) is 24.3 Å². The Morgan fingerprint density at radius 1 is 1.29 bits per heavy atom. The van der Waals surface area contributed by atoms with Gasteiger partial charge in [0.1, 0.15) is 0 Å². The molecule has 0 amide bonds. The van der Waals surface area contributed by atoms with Crippen molar-refractivity contribution in [1.29, 1.82) is 0 Å². The Balaban J connectivity index is 2.86. The van der Waals surface area contributed by atoms with E-state index in [2.05, 4.69) is 5.32 Å². The smallest absolute Gasteiger partial charge is 0.389 e. The standard InChI is InChI=1S/C12H16F3NO/c1-11(17,8-16-2)7-9-4-3-5-10(6-9)12(13,14)15/h3-6,16-17H,7-8H2,1-2H3. The van der Waals surface area contributed by atoms with Crippen LogP contribution in [0.25, 0.3) is 0 Å². The lowest BCUT2D eigenvalue weighted by Gasteiger charge is -2.23. The molecule has 1 aromatic carbocycles. The van der Waals surface area contributed by atoms with E-state index in [1.54, 1.807) is 20.0 Å². The van der Waals surface area contributed by atoms with E-state index in [9.17, 15) is 18.3 Å². The van der Waals surface area contributed by atoms with Gasteiger partial charge in [-0.2, -0.15) is 13.2 Å². The van der Waals surface area contributed by atoms with Crippen LogP contribution in [0, 0.1) is 0 Å². The zero-order valence-electron chi connectivity index (χ0n) is 9.80. The number of likely N-dealkylation sites (N-methyl/N-ethyl adjacent to an activating group) is 1. The Hall–Kier alpha value is -1.07. The summed E-state index contributed by atoms with van der Waals surface area (Å²) >= 11 is 0. The highest BCUT2D eigenvalue weighted by molar-refractivity contribution is 5.26. The minimum absolute atomic E-state index is 0.178. The molecule has 0 saturated heterocycles. The maximum absolute atomic E-state index is 12.5. The summed E-state index contributed by atoms with van der Waals surface area (Å²) < 4.78 is 37.4. The van der Waals surface area contributed by atoms with Crippen molar-refractivity contribution >= 4 is 0 Å². The van der Waals surface area contributed by atoms with Crippen LogP contribution in [0.2, 0.25) is 0 Å². The fourth-order valence-electron chi connectivity index (χ4n) is 1.74. The van der Waals surface area contributed by atoms with E-state index in [0.29, 0.717) is 12.1 Å². The normalized spacial score (nSPS) is 15.6. The number of alkyl halides is 3. The van der Waals surface area contributed by atoms with Crippen molar-refractivity contribution < 1.29 is 18.3 Å². The maximum atomic E-state index is 12.5. The van der Waals surface area contributed by atoms with Gasteiger partial charge in [-0.25, -0.2) is 0 Å². The lowest BCUT2D eigenvalue weighted by molar-refractivity contribution is -0.137. The van der Waals surface area contributed by atoms with E-state index >= 15 is 0 Å². The molecule has 17 heavy (non-hydrogen) atoms. The number of rotatable bonds is 4. The summed E-state index contributed by atoms with van der Waals surface area (Å²) in [5, 5.41) is 12.7. The summed E-state index contributed by atoms with van der Waals surface area (Å²) in [4.78, 5) is 0. The van der Waals surface area contributed by atoms with Crippen LogP contribution < -0.4 is 5.32 Å². The molecule has 0 fully saturated rings. The summed E-state index contributed by atoms with van der Waals surface area (Å²) in [7, 11) is 1.68. The molecule has 0 aliphatic rings. The van der Waals surface area contributed by atoms with Gasteiger partial charge in [0.05, 0.1) is 11.2 Å². The SMILES string of the molecule is CNCC(C)(O)Cc1cccc(C(F)(F)F)c1. The van der Waals surface area contributed by atoms with Crippen LogP contribution in [0.1, 0.15) is 18.1 Å². The molecule has 96 valence electrons. The van der Waals surface area contributed by atoms with Gasteiger partial charge in [-0.3, -0.25) is 0 Å². The first kappa shape index (κ1) is 14.0. The van der Waals surface area contributed by atoms with Crippen molar-refractivity contribution in [2.45, 2.75) is 25.1 Å². The highest BCUT2D eigenvalue weighted by Crippen LogP contribution is 2.30. The van der Waals surface area contributed by atoms with Crippen molar-refractivity contribution in [3.63, 3.8) is 0 Å².